The average molecular weight is 424 g/mol. The number of esters is 1. The molecule has 4 rings (SSSR count). The van der Waals surface area contributed by atoms with Gasteiger partial charge in [-0.15, -0.1) is 0 Å². The highest BCUT2D eigenvalue weighted by molar-refractivity contribution is 5.90. The van der Waals surface area contributed by atoms with Gasteiger partial charge in [-0.2, -0.15) is 0 Å². The van der Waals surface area contributed by atoms with Crippen LogP contribution in [0.25, 0.3) is 0 Å². The van der Waals surface area contributed by atoms with Crippen molar-refractivity contribution in [2.75, 3.05) is 14.2 Å². The number of rotatable bonds is 6. The zero-order valence-corrected chi connectivity index (χ0v) is 17.1. The second-order valence-corrected chi connectivity index (χ2v) is 6.87. The van der Waals surface area contributed by atoms with Crippen molar-refractivity contribution in [1.29, 1.82) is 0 Å². The topological polar surface area (TPSA) is 63.2 Å². The number of ether oxygens (including phenoxy) is 5. The fourth-order valence-corrected chi connectivity index (χ4v) is 3.35. The van der Waals surface area contributed by atoms with E-state index in [-0.39, 0.29) is 13.2 Å². The van der Waals surface area contributed by atoms with Crippen molar-refractivity contribution in [3.63, 3.8) is 0 Å². The highest BCUT2D eigenvalue weighted by atomic mass is 19.1. The maximum atomic E-state index is 14.2. The van der Waals surface area contributed by atoms with Crippen molar-refractivity contribution in [2.24, 2.45) is 0 Å². The number of hydrogen-bond donors (Lipinski definition) is 0. The Bertz CT molecular complexity index is 1080. The smallest absolute Gasteiger partial charge is 0.337 e. The molecule has 6 nitrogen and oxygen atoms in total. The van der Waals surface area contributed by atoms with E-state index in [1.165, 1.54) is 32.4 Å². The molecule has 0 aliphatic carbocycles. The van der Waals surface area contributed by atoms with E-state index in [0.717, 1.165) is 5.56 Å². The van der Waals surface area contributed by atoms with Crippen LogP contribution < -0.4 is 14.2 Å². The quantitative estimate of drug-likeness (QED) is 0.530. The van der Waals surface area contributed by atoms with Crippen molar-refractivity contribution in [3.05, 3.63) is 88.7 Å². The van der Waals surface area contributed by atoms with Gasteiger partial charge in [0.25, 0.3) is 0 Å². The molecular formula is C24H21FO6. The Morgan fingerprint density at radius 3 is 2.61 bits per heavy atom. The second kappa shape index (κ2) is 9.06. The second-order valence-electron chi connectivity index (χ2n) is 6.87. The molecule has 0 N–H and O–H groups in total. The van der Waals surface area contributed by atoms with E-state index < -0.39 is 18.1 Å². The van der Waals surface area contributed by atoms with E-state index in [9.17, 15) is 9.18 Å². The molecule has 0 saturated carbocycles. The lowest BCUT2D eigenvalue weighted by atomic mass is 10.1. The number of halogens is 1. The highest BCUT2D eigenvalue weighted by Gasteiger charge is 2.25. The molecule has 0 bridgehead atoms. The maximum absolute atomic E-state index is 14.2. The van der Waals surface area contributed by atoms with Crippen LogP contribution in [0.4, 0.5) is 4.39 Å². The van der Waals surface area contributed by atoms with Crippen LogP contribution in [0.2, 0.25) is 0 Å². The summed E-state index contributed by atoms with van der Waals surface area (Å²) in [6, 6.07) is 17.0. The lowest BCUT2D eigenvalue weighted by molar-refractivity contribution is -0.112. The zero-order valence-electron chi connectivity index (χ0n) is 17.1. The summed E-state index contributed by atoms with van der Waals surface area (Å²) in [5.41, 5.74) is 2.35. The van der Waals surface area contributed by atoms with Crippen LogP contribution in [0.1, 0.15) is 33.3 Å². The monoisotopic (exact) mass is 424 g/mol. The summed E-state index contributed by atoms with van der Waals surface area (Å²) < 4.78 is 41.9. The largest absolute Gasteiger partial charge is 0.493 e. The normalized spacial score (nSPS) is 14.9. The zero-order chi connectivity index (χ0) is 21.8. The molecule has 3 aromatic carbocycles. The summed E-state index contributed by atoms with van der Waals surface area (Å²) in [4.78, 5) is 11.7. The molecule has 1 heterocycles. The SMILES string of the molecule is COC(=O)c1ccc(OCc2cc(F)cc3c2O[C@H](c2ccccc2)OC3)c(OC)c1. The van der Waals surface area contributed by atoms with E-state index >= 15 is 0 Å². The van der Waals surface area contributed by atoms with Gasteiger partial charge >= 0.3 is 5.97 Å². The summed E-state index contributed by atoms with van der Waals surface area (Å²) in [6.45, 7) is 0.256. The number of carbonyl (C=O) groups is 1. The Morgan fingerprint density at radius 1 is 1.06 bits per heavy atom. The molecule has 0 unspecified atom stereocenters. The molecule has 0 amide bonds. The summed E-state index contributed by atoms with van der Waals surface area (Å²) in [6.07, 6.45) is -0.591. The molecule has 1 aliphatic rings. The Kier molecular flexibility index (Phi) is 6.04. The van der Waals surface area contributed by atoms with Gasteiger partial charge in [-0.05, 0) is 30.3 Å². The van der Waals surface area contributed by atoms with Gasteiger partial charge in [-0.25, -0.2) is 9.18 Å². The minimum atomic E-state index is -0.591. The van der Waals surface area contributed by atoms with Crippen molar-refractivity contribution in [3.8, 4) is 17.2 Å². The van der Waals surface area contributed by atoms with E-state index in [4.69, 9.17) is 23.7 Å². The van der Waals surface area contributed by atoms with Gasteiger partial charge in [0, 0.05) is 16.7 Å². The van der Waals surface area contributed by atoms with Gasteiger partial charge in [0.1, 0.15) is 18.2 Å². The number of hydrogen-bond acceptors (Lipinski definition) is 6. The van der Waals surface area contributed by atoms with Gasteiger partial charge in [0.2, 0.25) is 6.29 Å². The number of fused-ring (bicyclic) bond motifs is 1. The lowest BCUT2D eigenvalue weighted by Gasteiger charge is -2.28. The summed E-state index contributed by atoms with van der Waals surface area (Å²) in [5, 5.41) is 0. The van der Waals surface area contributed by atoms with Gasteiger partial charge in [-0.1, -0.05) is 30.3 Å². The molecule has 1 atom stereocenters. The fraction of sp³-hybridized carbons (Fsp3) is 0.208. The van der Waals surface area contributed by atoms with Gasteiger partial charge in [0.05, 0.1) is 26.4 Å². The number of methoxy groups -OCH3 is 2. The average Bonchev–Trinajstić information content (AvgIpc) is 2.82. The molecule has 1 aliphatic heterocycles. The first-order valence-electron chi connectivity index (χ1n) is 9.62. The minimum absolute atomic E-state index is 0.0372. The Labute approximate surface area is 179 Å². The van der Waals surface area contributed by atoms with Gasteiger partial charge in [0.15, 0.2) is 11.5 Å². The number of carbonyl (C=O) groups excluding carboxylic acids is 1. The van der Waals surface area contributed by atoms with Crippen molar-refractivity contribution >= 4 is 5.97 Å². The molecule has 0 spiro atoms. The molecule has 0 radical (unpaired) electrons. The van der Waals surface area contributed by atoms with E-state index in [2.05, 4.69) is 0 Å². The standard InChI is InChI=1S/C24H21FO6/c1-27-21-12-16(23(26)28-2)8-9-20(21)29-13-17-10-19(25)11-18-14-30-24(31-22(17)18)15-6-4-3-5-7-15/h3-12,24H,13-14H2,1-2H3/t24-/m1/s1. The van der Waals surface area contributed by atoms with E-state index in [0.29, 0.717) is 33.9 Å². The third-order valence-corrected chi connectivity index (χ3v) is 4.86. The lowest BCUT2D eigenvalue weighted by Crippen LogP contribution is -2.19. The van der Waals surface area contributed by atoms with Crippen molar-refractivity contribution in [2.45, 2.75) is 19.5 Å². The molecule has 7 heteroatoms. The van der Waals surface area contributed by atoms with E-state index in [1.54, 1.807) is 12.1 Å². The molecule has 160 valence electrons. The van der Waals surface area contributed by atoms with Crippen LogP contribution >= 0.6 is 0 Å². The van der Waals surface area contributed by atoms with Crippen molar-refractivity contribution < 1.29 is 32.9 Å². The first kappa shape index (κ1) is 20.7. The molecular weight excluding hydrogens is 403 g/mol. The fourth-order valence-electron chi connectivity index (χ4n) is 3.35. The third kappa shape index (κ3) is 4.46. The molecule has 0 aromatic heterocycles. The first-order valence-corrected chi connectivity index (χ1v) is 9.62. The first-order chi connectivity index (χ1) is 15.1. The Morgan fingerprint density at radius 2 is 1.87 bits per heavy atom. The summed E-state index contributed by atoms with van der Waals surface area (Å²) in [5.74, 6) is 0.409. The number of benzene rings is 3. The molecule has 3 aromatic rings. The predicted octanol–water partition coefficient (Wildman–Crippen LogP) is 4.81. The van der Waals surface area contributed by atoms with Crippen LogP contribution in [0.5, 0.6) is 17.2 Å². The maximum Gasteiger partial charge on any atom is 0.337 e. The molecule has 0 fully saturated rings. The summed E-state index contributed by atoms with van der Waals surface area (Å²) in [7, 11) is 2.77. The van der Waals surface area contributed by atoms with Crippen molar-refractivity contribution in [1.82, 2.24) is 0 Å². The Balaban J connectivity index is 1.57. The van der Waals surface area contributed by atoms with Crippen LogP contribution in [0, 0.1) is 5.82 Å². The van der Waals surface area contributed by atoms with Crippen LogP contribution in [-0.2, 0) is 22.7 Å². The Hall–Kier alpha value is -3.58. The van der Waals surface area contributed by atoms with Crippen LogP contribution in [0.15, 0.2) is 60.7 Å². The molecule has 0 saturated heterocycles. The van der Waals surface area contributed by atoms with E-state index in [1.807, 2.05) is 30.3 Å². The van der Waals surface area contributed by atoms with Crippen LogP contribution in [-0.4, -0.2) is 20.2 Å². The predicted molar refractivity (Wildman–Crippen MR) is 110 cm³/mol. The van der Waals surface area contributed by atoms with Gasteiger partial charge < -0.3 is 23.7 Å². The summed E-state index contributed by atoms with van der Waals surface area (Å²) >= 11 is 0. The molecule has 31 heavy (non-hydrogen) atoms. The van der Waals surface area contributed by atoms with Crippen LogP contribution in [0.3, 0.4) is 0 Å². The van der Waals surface area contributed by atoms with Gasteiger partial charge in [-0.3, -0.25) is 0 Å². The minimum Gasteiger partial charge on any atom is -0.493 e. The highest BCUT2D eigenvalue weighted by Crippen LogP contribution is 2.37. The third-order valence-electron chi connectivity index (χ3n) is 4.86.